The third kappa shape index (κ3) is 19.8. The molecule has 0 aliphatic rings. The normalized spacial score (nSPS) is 14.3. The highest BCUT2D eigenvalue weighted by Gasteiger charge is 1.94. The van der Waals surface area contributed by atoms with Crippen LogP contribution < -0.4 is 0 Å². The van der Waals surface area contributed by atoms with Crippen LogP contribution in [-0.4, -0.2) is 22.3 Å². The molecule has 0 rings (SSSR count). The Hall–Kier alpha value is -2.13. The molecule has 0 aliphatic carbocycles. The number of aliphatic hydroxyl groups is 1. The van der Waals surface area contributed by atoms with Gasteiger partial charge in [-0.3, -0.25) is 4.79 Å². The monoisotopic (exact) mass is 344 g/mol. The topological polar surface area (TPSA) is 57.5 Å². The molecule has 0 spiro atoms. The Morgan fingerprint density at radius 3 is 2.20 bits per heavy atom. The average Bonchev–Trinajstić information content (AvgIpc) is 2.58. The molecular weight excluding hydrogens is 312 g/mol. The molecule has 0 aromatic heterocycles. The number of hydrogen-bond acceptors (Lipinski definition) is 2. The fraction of sp³-hybridized carbons (Fsp3) is 0.409. The lowest BCUT2D eigenvalue weighted by Crippen LogP contribution is -1.99. The molecule has 1 atom stereocenters. The molecule has 3 heteroatoms. The summed E-state index contributed by atoms with van der Waals surface area (Å²) in [6, 6.07) is 0. The summed E-state index contributed by atoms with van der Waals surface area (Å²) in [6.45, 7) is 2.12. The van der Waals surface area contributed by atoms with E-state index in [0.717, 1.165) is 32.1 Å². The van der Waals surface area contributed by atoms with Crippen LogP contribution in [0.15, 0.2) is 72.9 Å². The van der Waals surface area contributed by atoms with Crippen LogP contribution in [-0.2, 0) is 4.79 Å². The van der Waals surface area contributed by atoms with Crippen molar-refractivity contribution in [2.45, 2.75) is 58.0 Å². The molecule has 0 heterocycles. The Morgan fingerprint density at radius 2 is 1.48 bits per heavy atom. The standard InChI is InChI=1S/C22H32O3/c1-2-3-4-5-9-12-15-18-21(23)19-16-13-10-7-6-8-11-14-17-20-22(24)25/h3-4,6-7,9-14,16,19,21,23H,2,5,8,15,17-18,20H2,1H3,(H,24,25). The SMILES string of the molecule is CCC=CCC=CCCC(O)C=CC=CC=CCC=CCCC(=O)O. The Balaban J connectivity index is 3.73. The third-order valence-electron chi connectivity index (χ3n) is 3.24. The summed E-state index contributed by atoms with van der Waals surface area (Å²) in [5.74, 6) is -0.766. The minimum atomic E-state index is -0.766. The van der Waals surface area contributed by atoms with Crippen molar-refractivity contribution in [1.82, 2.24) is 0 Å². The molecule has 0 radical (unpaired) electrons. The fourth-order valence-corrected chi connectivity index (χ4v) is 1.90. The van der Waals surface area contributed by atoms with Gasteiger partial charge in [0.25, 0.3) is 0 Å². The minimum absolute atomic E-state index is 0.179. The largest absolute Gasteiger partial charge is 0.481 e. The van der Waals surface area contributed by atoms with E-state index in [0.29, 0.717) is 6.42 Å². The van der Waals surface area contributed by atoms with Gasteiger partial charge >= 0.3 is 5.97 Å². The molecule has 0 fully saturated rings. The van der Waals surface area contributed by atoms with Crippen LogP contribution in [0.2, 0.25) is 0 Å². The number of rotatable bonds is 14. The second-order valence-electron chi connectivity index (χ2n) is 5.57. The van der Waals surface area contributed by atoms with Crippen LogP contribution in [0.25, 0.3) is 0 Å². The van der Waals surface area contributed by atoms with Gasteiger partial charge in [-0.15, -0.1) is 0 Å². The van der Waals surface area contributed by atoms with E-state index >= 15 is 0 Å². The molecule has 0 aliphatic heterocycles. The molecule has 0 aromatic rings. The van der Waals surface area contributed by atoms with Crippen molar-refractivity contribution in [1.29, 1.82) is 0 Å². The van der Waals surface area contributed by atoms with E-state index in [1.54, 1.807) is 6.08 Å². The van der Waals surface area contributed by atoms with Crippen molar-refractivity contribution in [3.63, 3.8) is 0 Å². The van der Waals surface area contributed by atoms with Crippen molar-refractivity contribution in [3.05, 3.63) is 72.9 Å². The zero-order valence-corrected chi connectivity index (χ0v) is 15.3. The summed E-state index contributed by atoms with van der Waals surface area (Å²) >= 11 is 0. The van der Waals surface area contributed by atoms with Crippen LogP contribution in [0.1, 0.15) is 51.9 Å². The van der Waals surface area contributed by atoms with Crippen molar-refractivity contribution < 1.29 is 15.0 Å². The van der Waals surface area contributed by atoms with Crippen molar-refractivity contribution >= 4 is 5.97 Å². The Labute approximate surface area is 152 Å². The number of carboxylic acids is 1. The zero-order valence-electron chi connectivity index (χ0n) is 15.3. The summed E-state index contributed by atoms with van der Waals surface area (Å²) in [4.78, 5) is 10.3. The van der Waals surface area contributed by atoms with Crippen molar-refractivity contribution in [2.75, 3.05) is 0 Å². The molecule has 0 saturated heterocycles. The van der Waals surface area contributed by atoms with E-state index in [4.69, 9.17) is 5.11 Å². The maximum Gasteiger partial charge on any atom is 0.303 e. The van der Waals surface area contributed by atoms with E-state index in [-0.39, 0.29) is 6.42 Å². The van der Waals surface area contributed by atoms with Gasteiger partial charge in [-0.2, -0.15) is 0 Å². The molecule has 0 amide bonds. The molecular formula is C22H32O3. The van der Waals surface area contributed by atoms with Gasteiger partial charge in [0.15, 0.2) is 0 Å². The molecule has 2 N–H and O–H groups in total. The molecule has 0 saturated carbocycles. The second kappa shape index (κ2) is 18.2. The predicted molar refractivity (Wildman–Crippen MR) is 106 cm³/mol. The smallest absolute Gasteiger partial charge is 0.303 e. The minimum Gasteiger partial charge on any atom is -0.481 e. The molecule has 25 heavy (non-hydrogen) atoms. The van der Waals surface area contributed by atoms with Gasteiger partial charge in [0.2, 0.25) is 0 Å². The number of aliphatic carboxylic acids is 1. The van der Waals surface area contributed by atoms with E-state index in [9.17, 15) is 9.90 Å². The number of carbonyl (C=O) groups is 1. The zero-order chi connectivity index (χ0) is 18.6. The second-order valence-corrected chi connectivity index (χ2v) is 5.57. The summed E-state index contributed by atoms with van der Waals surface area (Å²) < 4.78 is 0. The fourth-order valence-electron chi connectivity index (χ4n) is 1.90. The Kier molecular flexibility index (Phi) is 16.7. The van der Waals surface area contributed by atoms with E-state index in [1.807, 2.05) is 42.5 Å². The Bertz CT molecular complexity index is 493. The first kappa shape index (κ1) is 22.9. The molecule has 138 valence electrons. The lowest BCUT2D eigenvalue weighted by atomic mass is 10.1. The van der Waals surface area contributed by atoms with E-state index < -0.39 is 12.1 Å². The highest BCUT2D eigenvalue weighted by atomic mass is 16.4. The van der Waals surface area contributed by atoms with Crippen LogP contribution in [0, 0.1) is 0 Å². The van der Waals surface area contributed by atoms with Gasteiger partial charge in [-0.05, 0) is 38.5 Å². The van der Waals surface area contributed by atoms with Gasteiger partial charge < -0.3 is 10.2 Å². The first-order chi connectivity index (χ1) is 12.2. The average molecular weight is 344 g/mol. The highest BCUT2D eigenvalue weighted by Crippen LogP contribution is 2.01. The summed E-state index contributed by atoms with van der Waals surface area (Å²) in [6.07, 6.45) is 28.5. The van der Waals surface area contributed by atoms with Gasteiger partial charge in [-0.25, -0.2) is 0 Å². The molecule has 0 bridgehead atoms. The first-order valence-corrected chi connectivity index (χ1v) is 9.01. The van der Waals surface area contributed by atoms with E-state index in [1.165, 1.54) is 0 Å². The highest BCUT2D eigenvalue weighted by molar-refractivity contribution is 5.66. The predicted octanol–water partition coefficient (Wildman–Crippen LogP) is 5.52. The summed E-state index contributed by atoms with van der Waals surface area (Å²) in [7, 11) is 0. The number of allylic oxidation sites excluding steroid dienone is 11. The van der Waals surface area contributed by atoms with Gasteiger partial charge in [0.05, 0.1) is 6.10 Å². The maximum absolute atomic E-state index is 10.3. The van der Waals surface area contributed by atoms with Crippen molar-refractivity contribution in [3.8, 4) is 0 Å². The van der Waals surface area contributed by atoms with E-state index in [2.05, 4.69) is 31.2 Å². The van der Waals surface area contributed by atoms with Gasteiger partial charge in [0, 0.05) is 6.42 Å². The lowest BCUT2D eigenvalue weighted by molar-refractivity contribution is -0.136. The number of hydrogen-bond donors (Lipinski definition) is 2. The molecule has 3 nitrogen and oxygen atoms in total. The van der Waals surface area contributed by atoms with Gasteiger partial charge in [-0.1, -0.05) is 79.8 Å². The van der Waals surface area contributed by atoms with Crippen molar-refractivity contribution in [2.24, 2.45) is 0 Å². The summed E-state index contributed by atoms with van der Waals surface area (Å²) in [5.41, 5.74) is 0. The molecule has 0 aromatic carbocycles. The van der Waals surface area contributed by atoms with Crippen LogP contribution in [0.5, 0.6) is 0 Å². The quantitative estimate of drug-likeness (QED) is 0.322. The lowest BCUT2D eigenvalue weighted by Gasteiger charge is -2.00. The number of aliphatic hydroxyl groups excluding tert-OH is 1. The van der Waals surface area contributed by atoms with Crippen LogP contribution >= 0.6 is 0 Å². The molecule has 1 unspecified atom stereocenters. The van der Waals surface area contributed by atoms with Crippen LogP contribution in [0.3, 0.4) is 0 Å². The maximum atomic E-state index is 10.3. The summed E-state index contributed by atoms with van der Waals surface area (Å²) in [5, 5.41) is 18.3. The van der Waals surface area contributed by atoms with Gasteiger partial charge in [0.1, 0.15) is 0 Å². The first-order valence-electron chi connectivity index (χ1n) is 9.01. The third-order valence-corrected chi connectivity index (χ3v) is 3.24. The number of carboxylic acid groups (broad SMARTS) is 1. The van der Waals surface area contributed by atoms with Crippen LogP contribution in [0.4, 0.5) is 0 Å². The Morgan fingerprint density at radius 1 is 0.840 bits per heavy atom.